The largest absolute Gasteiger partial charge is 0.374 e. The normalized spacial score (nSPS) is 12.0. The highest BCUT2D eigenvalue weighted by atomic mass is 16.5. The fourth-order valence-electron chi connectivity index (χ4n) is 3.06. The van der Waals surface area contributed by atoms with Gasteiger partial charge in [0.1, 0.15) is 0 Å². The van der Waals surface area contributed by atoms with Crippen molar-refractivity contribution >= 4 is 5.91 Å². The molecule has 1 unspecified atom stereocenters. The summed E-state index contributed by atoms with van der Waals surface area (Å²) in [5.74, 6) is -0.0564. The van der Waals surface area contributed by atoms with Crippen LogP contribution < -0.4 is 10.6 Å². The van der Waals surface area contributed by atoms with Gasteiger partial charge in [0, 0.05) is 12.7 Å². The second-order valence-corrected chi connectivity index (χ2v) is 7.43. The summed E-state index contributed by atoms with van der Waals surface area (Å²) in [6, 6.07) is 23.8. The van der Waals surface area contributed by atoms with Crippen LogP contribution in [-0.2, 0) is 22.7 Å². The molecule has 156 valence electrons. The van der Waals surface area contributed by atoms with Crippen molar-refractivity contribution < 1.29 is 9.53 Å². The Morgan fingerprint density at radius 2 is 1.63 bits per heavy atom. The van der Waals surface area contributed by atoms with Crippen LogP contribution in [0.5, 0.6) is 0 Å². The highest BCUT2D eigenvalue weighted by Crippen LogP contribution is 2.19. The minimum absolute atomic E-state index is 0.0564. The zero-order chi connectivity index (χ0) is 21.2. The van der Waals surface area contributed by atoms with Crippen molar-refractivity contribution in [1.82, 2.24) is 15.6 Å². The van der Waals surface area contributed by atoms with Gasteiger partial charge in [-0.3, -0.25) is 15.1 Å². The SMILES string of the molecule is CC(C)OCc1ccc(CNC(=O)CNC(c2ccccc2)c2ccccn2)cc1. The van der Waals surface area contributed by atoms with Crippen molar-refractivity contribution in [3.8, 4) is 0 Å². The molecule has 1 atom stereocenters. The van der Waals surface area contributed by atoms with E-state index in [0.717, 1.165) is 22.4 Å². The number of benzene rings is 2. The summed E-state index contributed by atoms with van der Waals surface area (Å²) in [6.07, 6.45) is 1.98. The van der Waals surface area contributed by atoms with Gasteiger partial charge < -0.3 is 10.1 Å². The van der Waals surface area contributed by atoms with Crippen LogP contribution in [0.25, 0.3) is 0 Å². The number of pyridine rings is 1. The quantitative estimate of drug-likeness (QED) is 0.537. The van der Waals surface area contributed by atoms with Gasteiger partial charge in [-0.25, -0.2) is 0 Å². The molecule has 0 aliphatic rings. The molecule has 2 N–H and O–H groups in total. The fourth-order valence-corrected chi connectivity index (χ4v) is 3.06. The van der Waals surface area contributed by atoms with Gasteiger partial charge in [0.2, 0.25) is 5.91 Å². The number of rotatable bonds is 10. The van der Waals surface area contributed by atoms with Gasteiger partial charge in [0.25, 0.3) is 0 Å². The van der Waals surface area contributed by atoms with E-state index in [1.807, 2.05) is 86.6 Å². The van der Waals surface area contributed by atoms with Gasteiger partial charge in [-0.1, -0.05) is 60.7 Å². The number of nitrogens with one attached hydrogen (secondary N) is 2. The van der Waals surface area contributed by atoms with Gasteiger partial charge >= 0.3 is 0 Å². The lowest BCUT2D eigenvalue weighted by Crippen LogP contribution is -2.36. The Morgan fingerprint density at radius 1 is 0.933 bits per heavy atom. The van der Waals surface area contributed by atoms with E-state index in [4.69, 9.17) is 4.74 Å². The van der Waals surface area contributed by atoms with Crippen LogP contribution in [0.1, 0.15) is 42.3 Å². The third kappa shape index (κ3) is 6.79. The van der Waals surface area contributed by atoms with E-state index in [2.05, 4.69) is 15.6 Å². The molecule has 5 heteroatoms. The molecule has 30 heavy (non-hydrogen) atoms. The Morgan fingerprint density at radius 3 is 2.30 bits per heavy atom. The van der Waals surface area contributed by atoms with Crippen molar-refractivity contribution in [2.24, 2.45) is 0 Å². The molecule has 1 amide bonds. The van der Waals surface area contributed by atoms with E-state index in [-0.39, 0.29) is 24.6 Å². The lowest BCUT2D eigenvalue weighted by molar-refractivity contribution is -0.120. The molecule has 1 aromatic heterocycles. The van der Waals surface area contributed by atoms with Crippen molar-refractivity contribution in [1.29, 1.82) is 0 Å². The van der Waals surface area contributed by atoms with Crippen LogP contribution in [0.15, 0.2) is 79.0 Å². The summed E-state index contributed by atoms with van der Waals surface area (Å²) in [6.45, 7) is 5.34. The number of hydrogen-bond donors (Lipinski definition) is 2. The van der Waals surface area contributed by atoms with Crippen LogP contribution >= 0.6 is 0 Å². The number of carbonyl (C=O) groups is 1. The van der Waals surface area contributed by atoms with Crippen molar-refractivity contribution in [3.63, 3.8) is 0 Å². The van der Waals surface area contributed by atoms with Crippen molar-refractivity contribution in [2.75, 3.05) is 6.54 Å². The Hall–Kier alpha value is -3.02. The molecule has 0 bridgehead atoms. The van der Waals surface area contributed by atoms with Gasteiger partial charge in [-0.05, 0) is 42.7 Å². The Balaban J connectivity index is 1.52. The van der Waals surface area contributed by atoms with E-state index >= 15 is 0 Å². The van der Waals surface area contributed by atoms with E-state index in [0.29, 0.717) is 13.2 Å². The molecule has 0 aliphatic heterocycles. The Kier molecular flexibility index (Phi) is 8.12. The smallest absolute Gasteiger partial charge is 0.234 e. The maximum atomic E-state index is 12.4. The zero-order valence-corrected chi connectivity index (χ0v) is 17.5. The first-order valence-corrected chi connectivity index (χ1v) is 10.3. The van der Waals surface area contributed by atoms with Crippen molar-refractivity contribution in [3.05, 3.63) is 101 Å². The zero-order valence-electron chi connectivity index (χ0n) is 17.5. The third-order valence-corrected chi connectivity index (χ3v) is 4.68. The second kappa shape index (κ2) is 11.2. The summed E-state index contributed by atoms with van der Waals surface area (Å²) < 4.78 is 5.61. The van der Waals surface area contributed by atoms with Crippen LogP contribution in [0.4, 0.5) is 0 Å². The molecule has 3 aromatic rings. The lowest BCUT2D eigenvalue weighted by Gasteiger charge is -2.18. The highest BCUT2D eigenvalue weighted by Gasteiger charge is 2.15. The average Bonchev–Trinajstić information content (AvgIpc) is 2.78. The van der Waals surface area contributed by atoms with Crippen molar-refractivity contribution in [2.45, 2.75) is 39.1 Å². The first-order valence-electron chi connectivity index (χ1n) is 10.3. The van der Waals surface area contributed by atoms with Crippen LogP contribution in [-0.4, -0.2) is 23.5 Å². The van der Waals surface area contributed by atoms with Gasteiger partial charge in [-0.15, -0.1) is 0 Å². The topological polar surface area (TPSA) is 63.2 Å². The number of ether oxygens (including phenoxy) is 1. The molecule has 0 saturated heterocycles. The molecule has 2 aromatic carbocycles. The van der Waals surface area contributed by atoms with Crippen LogP contribution in [0, 0.1) is 0 Å². The average molecular weight is 404 g/mol. The lowest BCUT2D eigenvalue weighted by atomic mass is 10.0. The van der Waals surface area contributed by atoms with Gasteiger partial charge in [0.05, 0.1) is 31.0 Å². The van der Waals surface area contributed by atoms with E-state index in [1.54, 1.807) is 6.20 Å². The maximum absolute atomic E-state index is 12.4. The minimum Gasteiger partial charge on any atom is -0.374 e. The van der Waals surface area contributed by atoms with Gasteiger partial charge in [-0.2, -0.15) is 0 Å². The van der Waals surface area contributed by atoms with Gasteiger partial charge in [0.15, 0.2) is 0 Å². The Labute approximate surface area is 178 Å². The number of nitrogens with zero attached hydrogens (tertiary/aromatic N) is 1. The predicted octanol–water partition coefficient (Wildman–Crippen LogP) is 4.00. The molecular weight excluding hydrogens is 374 g/mol. The van der Waals surface area contributed by atoms with E-state index in [1.165, 1.54) is 0 Å². The number of carbonyl (C=O) groups excluding carboxylic acids is 1. The first-order chi connectivity index (χ1) is 14.6. The molecule has 3 rings (SSSR count). The molecule has 1 heterocycles. The summed E-state index contributed by atoms with van der Waals surface area (Å²) in [4.78, 5) is 16.9. The van der Waals surface area contributed by atoms with E-state index in [9.17, 15) is 4.79 Å². The third-order valence-electron chi connectivity index (χ3n) is 4.68. The molecule has 0 aliphatic carbocycles. The second-order valence-electron chi connectivity index (χ2n) is 7.43. The van der Waals surface area contributed by atoms with E-state index < -0.39 is 0 Å². The summed E-state index contributed by atoms with van der Waals surface area (Å²) in [5, 5.41) is 6.31. The number of amides is 1. The standard InChI is InChI=1S/C25H29N3O2/c1-19(2)30-18-21-13-11-20(12-14-21)16-27-24(29)17-28-25(22-8-4-3-5-9-22)23-10-6-7-15-26-23/h3-15,19,25,28H,16-18H2,1-2H3,(H,27,29). The maximum Gasteiger partial charge on any atom is 0.234 e. The summed E-state index contributed by atoms with van der Waals surface area (Å²) in [5.41, 5.74) is 4.14. The number of aromatic nitrogens is 1. The molecule has 0 spiro atoms. The fraction of sp³-hybridized carbons (Fsp3) is 0.280. The molecule has 0 radical (unpaired) electrons. The number of hydrogen-bond acceptors (Lipinski definition) is 4. The summed E-state index contributed by atoms with van der Waals surface area (Å²) in [7, 11) is 0. The molecule has 5 nitrogen and oxygen atoms in total. The highest BCUT2D eigenvalue weighted by molar-refractivity contribution is 5.78. The Bertz CT molecular complexity index is 857. The predicted molar refractivity (Wildman–Crippen MR) is 119 cm³/mol. The first kappa shape index (κ1) is 21.7. The monoisotopic (exact) mass is 403 g/mol. The van der Waals surface area contributed by atoms with Crippen LogP contribution in [0.2, 0.25) is 0 Å². The minimum atomic E-state index is -0.140. The summed E-state index contributed by atoms with van der Waals surface area (Å²) >= 11 is 0. The molecular formula is C25H29N3O2. The van der Waals surface area contributed by atoms with Crippen LogP contribution in [0.3, 0.4) is 0 Å². The molecule has 0 fully saturated rings. The molecule has 0 saturated carbocycles.